The summed E-state index contributed by atoms with van der Waals surface area (Å²) in [5.74, 6) is -0.932. The lowest BCUT2D eigenvalue weighted by molar-refractivity contribution is -0.167. The van der Waals surface area contributed by atoms with E-state index in [0.717, 1.165) is 167 Å². The minimum absolute atomic E-state index is 0.0982. The molecule has 6 nitrogen and oxygen atoms in total. The van der Waals surface area contributed by atoms with Gasteiger partial charge in [0.25, 0.3) is 0 Å². The first kappa shape index (κ1) is 74.3. The van der Waals surface area contributed by atoms with Gasteiger partial charge in [-0.1, -0.05) is 263 Å². The fourth-order valence-electron chi connectivity index (χ4n) is 8.53. The summed E-state index contributed by atoms with van der Waals surface area (Å²) >= 11 is 0. The minimum atomic E-state index is -0.803. The van der Waals surface area contributed by atoms with Crippen LogP contribution in [0.1, 0.15) is 278 Å². The first-order valence-corrected chi connectivity index (χ1v) is 32.3. The van der Waals surface area contributed by atoms with E-state index in [1.807, 2.05) is 0 Å². The molecule has 1 unspecified atom stereocenters. The van der Waals surface area contributed by atoms with Gasteiger partial charge in [0, 0.05) is 19.3 Å². The number of allylic oxidation sites excluding steroid dienone is 24. The molecule has 0 saturated heterocycles. The van der Waals surface area contributed by atoms with E-state index < -0.39 is 6.10 Å². The van der Waals surface area contributed by atoms with Gasteiger partial charge in [-0.15, -0.1) is 0 Å². The zero-order chi connectivity index (χ0) is 57.1. The predicted molar refractivity (Wildman–Crippen MR) is 343 cm³/mol. The average molecular weight is 1090 g/mol. The molecule has 79 heavy (non-hydrogen) atoms. The molecule has 0 radical (unpaired) electrons. The molecule has 0 fully saturated rings. The fourth-order valence-corrected chi connectivity index (χ4v) is 8.53. The summed E-state index contributed by atoms with van der Waals surface area (Å²) in [6.07, 6.45) is 94.1. The summed E-state index contributed by atoms with van der Waals surface area (Å²) in [7, 11) is 0. The number of carbonyl (C=O) groups is 3. The van der Waals surface area contributed by atoms with Gasteiger partial charge in [-0.3, -0.25) is 14.4 Å². The van der Waals surface area contributed by atoms with E-state index in [9.17, 15) is 14.4 Å². The summed E-state index contributed by atoms with van der Waals surface area (Å²) in [5.41, 5.74) is 0. The highest BCUT2D eigenvalue weighted by molar-refractivity contribution is 5.71. The van der Waals surface area contributed by atoms with E-state index in [2.05, 4.69) is 167 Å². The topological polar surface area (TPSA) is 78.9 Å². The van der Waals surface area contributed by atoms with Gasteiger partial charge in [0.2, 0.25) is 0 Å². The second-order valence-corrected chi connectivity index (χ2v) is 20.9. The van der Waals surface area contributed by atoms with Crippen molar-refractivity contribution in [1.29, 1.82) is 0 Å². The Kier molecular flexibility index (Phi) is 61.9. The molecule has 0 amide bonds. The summed E-state index contributed by atoms with van der Waals surface area (Å²) < 4.78 is 16.9. The van der Waals surface area contributed by atoms with Crippen molar-refractivity contribution in [3.05, 3.63) is 146 Å². The molecule has 0 heterocycles. The number of carbonyl (C=O) groups excluding carboxylic acids is 3. The zero-order valence-electron chi connectivity index (χ0n) is 51.1. The molecule has 0 saturated carbocycles. The molecule has 0 bridgehead atoms. The molecule has 0 aliphatic carbocycles. The molecular weight excluding hydrogens is 973 g/mol. The highest BCUT2D eigenvalue weighted by atomic mass is 16.6. The highest BCUT2D eigenvalue weighted by Crippen LogP contribution is 2.15. The summed E-state index contributed by atoms with van der Waals surface area (Å²) in [4.78, 5) is 38.4. The van der Waals surface area contributed by atoms with Crippen molar-refractivity contribution in [3.8, 4) is 0 Å². The number of esters is 3. The van der Waals surface area contributed by atoms with Crippen LogP contribution in [0.2, 0.25) is 0 Å². The Morgan fingerprint density at radius 1 is 0.266 bits per heavy atom. The molecule has 0 aliphatic heterocycles. The molecule has 0 aromatic rings. The van der Waals surface area contributed by atoms with E-state index in [1.54, 1.807) is 0 Å². The van der Waals surface area contributed by atoms with Crippen molar-refractivity contribution in [1.82, 2.24) is 0 Å². The van der Waals surface area contributed by atoms with Gasteiger partial charge in [-0.05, 0) is 141 Å². The lowest BCUT2D eigenvalue weighted by atomic mass is 10.1. The monoisotopic (exact) mass is 1090 g/mol. The molecule has 0 aromatic carbocycles. The Labute approximate surface area is 487 Å². The third kappa shape index (κ3) is 64.0. The standard InChI is InChI=1S/C73H118O6/c1-4-7-10-13-16-19-22-25-28-30-32-34-36-38-40-42-45-48-51-54-57-60-63-66-72(75)78-69-70(68-77-71(74)65-62-59-56-53-50-47-44-27-24-21-18-15-12-9-6-3)79-73(76)67-64-61-58-55-52-49-46-43-41-39-37-35-33-31-29-26-23-20-17-14-11-8-5-2/h7-8,10-11,16-21,25-29,32-35,38-41,44,70H,4-6,9,12-15,22-24,30-31,36-37,42-43,45-69H2,1-3H3/b10-7-,11-8-,19-16-,20-17-,21-18-,28-25-,29-26-,34-32-,35-33-,40-38-,41-39-,44-27-. The van der Waals surface area contributed by atoms with Crippen LogP contribution >= 0.6 is 0 Å². The van der Waals surface area contributed by atoms with Gasteiger partial charge >= 0.3 is 17.9 Å². The van der Waals surface area contributed by atoms with Crippen molar-refractivity contribution in [2.45, 2.75) is 284 Å². The molecule has 1 atom stereocenters. The Hall–Kier alpha value is -4.71. The Bertz CT molecular complexity index is 1730. The maximum absolute atomic E-state index is 12.9. The molecule has 6 heteroatoms. The second kappa shape index (κ2) is 65.8. The quantitative estimate of drug-likeness (QED) is 0.0261. The van der Waals surface area contributed by atoms with E-state index in [4.69, 9.17) is 14.2 Å². The zero-order valence-corrected chi connectivity index (χ0v) is 51.1. The highest BCUT2D eigenvalue weighted by Gasteiger charge is 2.19. The van der Waals surface area contributed by atoms with Gasteiger partial charge in [-0.2, -0.15) is 0 Å². The van der Waals surface area contributed by atoms with Crippen LogP contribution in [0.25, 0.3) is 0 Å². The maximum atomic E-state index is 12.9. The van der Waals surface area contributed by atoms with Crippen molar-refractivity contribution in [2.24, 2.45) is 0 Å². The average Bonchev–Trinajstić information content (AvgIpc) is 3.45. The number of hydrogen-bond acceptors (Lipinski definition) is 6. The molecule has 0 rings (SSSR count). The number of hydrogen-bond donors (Lipinski definition) is 0. The Morgan fingerprint density at radius 2 is 0.494 bits per heavy atom. The summed E-state index contributed by atoms with van der Waals surface area (Å²) in [5, 5.41) is 0. The summed E-state index contributed by atoms with van der Waals surface area (Å²) in [6.45, 7) is 6.36. The van der Waals surface area contributed by atoms with Crippen LogP contribution in [0.3, 0.4) is 0 Å². The van der Waals surface area contributed by atoms with Gasteiger partial charge in [0.1, 0.15) is 13.2 Å². The first-order chi connectivity index (χ1) is 39.0. The van der Waals surface area contributed by atoms with E-state index >= 15 is 0 Å². The predicted octanol–water partition coefficient (Wildman–Crippen LogP) is 22.3. The number of ether oxygens (including phenoxy) is 3. The largest absolute Gasteiger partial charge is 0.462 e. The molecule has 0 aliphatic rings. The van der Waals surface area contributed by atoms with Gasteiger partial charge < -0.3 is 14.2 Å². The van der Waals surface area contributed by atoms with Crippen molar-refractivity contribution in [3.63, 3.8) is 0 Å². The lowest BCUT2D eigenvalue weighted by Gasteiger charge is -2.18. The van der Waals surface area contributed by atoms with Gasteiger partial charge in [0.05, 0.1) is 0 Å². The van der Waals surface area contributed by atoms with E-state index in [0.29, 0.717) is 19.3 Å². The van der Waals surface area contributed by atoms with Gasteiger partial charge in [-0.25, -0.2) is 0 Å². The molecular formula is C73H118O6. The van der Waals surface area contributed by atoms with Crippen LogP contribution < -0.4 is 0 Å². The lowest BCUT2D eigenvalue weighted by Crippen LogP contribution is -2.30. The Balaban J connectivity index is 4.46. The third-order valence-corrected chi connectivity index (χ3v) is 13.3. The van der Waals surface area contributed by atoms with Crippen molar-refractivity contribution >= 4 is 17.9 Å². The smallest absolute Gasteiger partial charge is 0.306 e. The van der Waals surface area contributed by atoms with Crippen LogP contribution in [-0.4, -0.2) is 37.2 Å². The minimum Gasteiger partial charge on any atom is -0.462 e. The summed E-state index contributed by atoms with van der Waals surface area (Å²) in [6, 6.07) is 0. The van der Waals surface area contributed by atoms with Crippen LogP contribution in [0.4, 0.5) is 0 Å². The van der Waals surface area contributed by atoms with Crippen LogP contribution in [0, 0.1) is 0 Å². The Morgan fingerprint density at radius 3 is 0.772 bits per heavy atom. The normalized spacial score (nSPS) is 13.1. The van der Waals surface area contributed by atoms with Crippen LogP contribution in [-0.2, 0) is 28.6 Å². The SMILES string of the molecule is CC/C=C\C/C=C\C/C=C\C/C=C\C/C=C\CCCCCCCCCC(=O)OCC(COC(=O)CCCCCCC/C=C\C/C=C\CCCCC)OC(=O)CCCCCCCCC/C=C\C/C=C\C/C=C\C/C=C\C/C=C\CC. The molecule has 0 spiro atoms. The van der Waals surface area contributed by atoms with Gasteiger partial charge in [0.15, 0.2) is 6.10 Å². The van der Waals surface area contributed by atoms with Crippen molar-refractivity contribution < 1.29 is 28.6 Å². The van der Waals surface area contributed by atoms with Crippen LogP contribution in [0.15, 0.2) is 146 Å². The number of unbranched alkanes of at least 4 members (excludes halogenated alkanes) is 22. The molecule has 0 N–H and O–H groups in total. The molecule has 446 valence electrons. The van der Waals surface area contributed by atoms with Crippen LogP contribution in [0.5, 0.6) is 0 Å². The number of rotatable bonds is 57. The maximum Gasteiger partial charge on any atom is 0.306 e. The van der Waals surface area contributed by atoms with Crippen molar-refractivity contribution in [2.75, 3.05) is 13.2 Å². The third-order valence-electron chi connectivity index (χ3n) is 13.3. The van der Waals surface area contributed by atoms with E-state index in [1.165, 1.54) is 70.6 Å². The molecule has 0 aromatic heterocycles. The fraction of sp³-hybridized carbons (Fsp3) is 0.630. The second-order valence-electron chi connectivity index (χ2n) is 20.9. The first-order valence-electron chi connectivity index (χ1n) is 32.3. The van der Waals surface area contributed by atoms with E-state index in [-0.39, 0.29) is 31.1 Å².